The normalized spacial score (nSPS) is 15.0. The lowest BCUT2D eigenvalue weighted by molar-refractivity contribution is 0.222. The molecule has 5 rings (SSSR count). The minimum Gasteiger partial charge on any atom is -0.326 e. The van der Waals surface area contributed by atoms with Crippen LogP contribution in [0, 0.1) is 5.82 Å². The number of piperidine rings is 1. The molecule has 4 aromatic rings. The largest absolute Gasteiger partial charge is 0.326 e. The van der Waals surface area contributed by atoms with E-state index in [1.54, 1.807) is 18.3 Å². The zero-order valence-corrected chi connectivity index (χ0v) is 19.8. The van der Waals surface area contributed by atoms with Crippen LogP contribution in [0.25, 0.3) is 22.6 Å². The van der Waals surface area contributed by atoms with E-state index in [1.807, 2.05) is 42.7 Å². The van der Waals surface area contributed by atoms with Gasteiger partial charge in [-0.1, -0.05) is 34.1 Å². The Labute approximate surface area is 200 Å². The fraction of sp³-hybridized carbons (Fsp3) is 0.240. The summed E-state index contributed by atoms with van der Waals surface area (Å²) in [5.74, 6) is 0.176. The highest BCUT2D eigenvalue weighted by molar-refractivity contribution is 9.10. The second-order valence-electron chi connectivity index (χ2n) is 8.26. The van der Waals surface area contributed by atoms with E-state index in [2.05, 4.69) is 47.7 Å². The lowest BCUT2D eigenvalue weighted by Gasteiger charge is -2.30. The van der Waals surface area contributed by atoms with Crippen LogP contribution in [-0.2, 0) is 0 Å². The van der Waals surface area contributed by atoms with Gasteiger partial charge >= 0.3 is 0 Å². The van der Waals surface area contributed by atoms with Crippen LogP contribution in [0.2, 0.25) is 0 Å². The monoisotopic (exact) mass is 506 g/mol. The molecule has 1 saturated heterocycles. The maximum absolute atomic E-state index is 14.8. The second kappa shape index (κ2) is 9.41. The summed E-state index contributed by atoms with van der Waals surface area (Å²) in [4.78, 5) is 16.2. The molecule has 0 saturated carbocycles. The lowest BCUT2D eigenvalue weighted by atomic mass is 10.0. The van der Waals surface area contributed by atoms with Gasteiger partial charge in [0.05, 0.1) is 17.7 Å². The van der Waals surface area contributed by atoms with Gasteiger partial charge in [-0.15, -0.1) is 0 Å². The first kappa shape index (κ1) is 21.7. The third-order valence-corrected chi connectivity index (χ3v) is 6.48. The second-order valence-corrected chi connectivity index (χ2v) is 9.18. The summed E-state index contributed by atoms with van der Waals surface area (Å²) in [6.07, 6.45) is 5.56. The number of aromatic nitrogens is 4. The van der Waals surface area contributed by atoms with Crippen LogP contribution in [0.3, 0.4) is 0 Å². The molecule has 1 N–H and O–H groups in total. The molecular weight excluding hydrogens is 483 g/mol. The zero-order valence-electron chi connectivity index (χ0n) is 18.2. The van der Waals surface area contributed by atoms with Gasteiger partial charge in [0.15, 0.2) is 0 Å². The van der Waals surface area contributed by atoms with Gasteiger partial charge in [0.2, 0.25) is 5.95 Å². The molecule has 0 unspecified atom stereocenters. The minimum atomic E-state index is -0.297. The predicted octanol–water partition coefficient (Wildman–Crippen LogP) is 5.92. The molecule has 33 heavy (non-hydrogen) atoms. The van der Waals surface area contributed by atoms with Crippen molar-refractivity contribution in [3.63, 3.8) is 0 Å². The van der Waals surface area contributed by atoms with Crippen LogP contribution in [0.1, 0.15) is 18.9 Å². The van der Waals surface area contributed by atoms with Crippen molar-refractivity contribution >= 4 is 27.6 Å². The summed E-state index contributed by atoms with van der Waals surface area (Å²) >= 11 is 3.49. The van der Waals surface area contributed by atoms with Gasteiger partial charge in [-0.2, -0.15) is 0 Å². The van der Waals surface area contributed by atoms with E-state index < -0.39 is 0 Å². The van der Waals surface area contributed by atoms with Gasteiger partial charge in [0.25, 0.3) is 0 Å². The van der Waals surface area contributed by atoms with E-state index in [0.29, 0.717) is 22.9 Å². The van der Waals surface area contributed by atoms with Crippen molar-refractivity contribution in [2.24, 2.45) is 0 Å². The van der Waals surface area contributed by atoms with Crippen molar-refractivity contribution in [1.82, 2.24) is 24.4 Å². The molecule has 0 aliphatic carbocycles. The Kier molecular flexibility index (Phi) is 6.20. The first-order chi connectivity index (χ1) is 16.1. The molecule has 6 nitrogen and oxygen atoms in total. The van der Waals surface area contributed by atoms with E-state index in [4.69, 9.17) is 4.98 Å². The Bertz CT molecular complexity index is 1270. The van der Waals surface area contributed by atoms with Gasteiger partial charge in [0.1, 0.15) is 11.5 Å². The van der Waals surface area contributed by atoms with E-state index in [-0.39, 0.29) is 11.9 Å². The minimum absolute atomic E-state index is 0.278. The van der Waals surface area contributed by atoms with Crippen molar-refractivity contribution in [1.29, 1.82) is 0 Å². The molecule has 2 aromatic heterocycles. The molecular formula is C25H24BrFN6. The summed E-state index contributed by atoms with van der Waals surface area (Å²) in [7, 11) is 2.14. The van der Waals surface area contributed by atoms with Crippen LogP contribution < -0.4 is 5.32 Å². The van der Waals surface area contributed by atoms with E-state index in [1.165, 1.54) is 6.07 Å². The summed E-state index contributed by atoms with van der Waals surface area (Å²) < 4.78 is 17.9. The quantitative estimate of drug-likeness (QED) is 0.364. The van der Waals surface area contributed by atoms with Crippen LogP contribution >= 0.6 is 15.9 Å². The first-order valence-corrected chi connectivity index (χ1v) is 11.7. The van der Waals surface area contributed by atoms with Crippen molar-refractivity contribution in [2.75, 3.05) is 25.5 Å². The zero-order chi connectivity index (χ0) is 22.8. The molecule has 2 aromatic carbocycles. The molecule has 3 heterocycles. The standard InChI is InChI=1S/C25H24BrFN6/c1-32-13-10-19(11-14-32)33-16-29-23(20-7-2-3-8-21(20)27)24(33)22-9-12-28-25(31-22)30-18-6-4-5-17(26)15-18/h2-9,12,15-16,19H,10-11,13-14H2,1H3,(H,28,30,31). The summed E-state index contributed by atoms with van der Waals surface area (Å²) in [5.41, 5.74) is 3.46. The lowest BCUT2D eigenvalue weighted by Crippen LogP contribution is -2.31. The Hall–Kier alpha value is -3.10. The number of nitrogens with zero attached hydrogens (tertiary/aromatic N) is 5. The summed E-state index contributed by atoms with van der Waals surface area (Å²) in [5, 5.41) is 3.26. The molecule has 1 fully saturated rings. The Morgan fingerprint density at radius 3 is 2.64 bits per heavy atom. The highest BCUT2D eigenvalue weighted by atomic mass is 79.9. The molecule has 168 valence electrons. The molecule has 0 amide bonds. The van der Waals surface area contributed by atoms with Gasteiger partial charge < -0.3 is 14.8 Å². The number of likely N-dealkylation sites (tertiary alicyclic amines) is 1. The van der Waals surface area contributed by atoms with Gasteiger partial charge in [-0.25, -0.2) is 19.3 Å². The number of rotatable bonds is 5. The van der Waals surface area contributed by atoms with Crippen LogP contribution in [0.5, 0.6) is 0 Å². The molecule has 1 aliphatic rings. The van der Waals surface area contributed by atoms with Crippen LogP contribution in [0.4, 0.5) is 16.0 Å². The topological polar surface area (TPSA) is 58.9 Å². The summed E-state index contributed by atoms with van der Waals surface area (Å²) in [6.45, 7) is 2.02. The third kappa shape index (κ3) is 4.67. The average molecular weight is 507 g/mol. The number of anilines is 2. The van der Waals surface area contributed by atoms with Crippen molar-refractivity contribution in [3.8, 4) is 22.6 Å². The van der Waals surface area contributed by atoms with Crippen molar-refractivity contribution < 1.29 is 4.39 Å². The van der Waals surface area contributed by atoms with Crippen molar-refractivity contribution in [3.05, 3.63) is 77.4 Å². The first-order valence-electron chi connectivity index (χ1n) is 10.9. The number of benzene rings is 2. The maximum atomic E-state index is 14.8. The Balaban J connectivity index is 1.58. The molecule has 1 aliphatic heterocycles. The van der Waals surface area contributed by atoms with E-state index in [0.717, 1.165) is 41.8 Å². The van der Waals surface area contributed by atoms with Gasteiger partial charge in [-0.05, 0) is 69.4 Å². The Morgan fingerprint density at radius 2 is 1.85 bits per heavy atom. The molecule has 0 spiro atoms. The smallest absolute Gasteiger partial charge is 0.227 e. The number of halogens is 2. The predicted molar refractivity (Wildman–Crippen MR) is 132 cm³/mol. The number of hydrogen-bond donors (Lipinski definition) is 1. The fourth-order valence-electron chi connectivity index (χ4n) is 4.26. The molecule has 0 radical (unpaired) electrons. The van der Waals surface area contributed by atoms with Crippen LogP contribution in [0.15, 0.2) is 71.6 Å². The summed E-state index contributed by atoms with van der Waals surface area (Å²) in [6, 6.07) is 16.7. The maximum Gasteiger partial charge on any atom is 0.227 e. The number of hydrogen-bond acceptors (Lipinski definition) is 5. The highest BCUT2D eigenvalue weighted by Gasteiger charge is 2.25. The van der Waals surface area contributed by atoms with Crippen molar-refractivity contribution in [2.45, 2.75) is 18.9 Å². The van der Waals surface area contributed by atoms with Gasteiger partial charge in [-0.3, -0.25) is 0 Å². The highest BCUT2D eigenvalue weighted by Crippen LogP contribution is 2.36. The average Bonchev–Trinajstić information content (AvgIpc) is 3.25. The number of nitrogens with one attached hydrogen (secondary N) is 1. The molecule has 0 atom stereocenters. The van der Waals surface area contributed by atoms with E-state index in [9.17, 15) is 4.39 Å². The van der Waals surface area contributed by atoms with Gasteiger partial charge in [0, 0.05) is 28.0 Å². The number of imidazole rings is 1. The third-order valence-electron chi connectivity index (χ3n) is 5.98. The molecule has 8 heteroatoms. The molecule has 0 bridgehead atoms. The SMILES string of the molecule is CN1CCC(n2cnc(-c3ccccc3F)c2-c2ccnc(Nc3cccc(Br)c3)n2)CC1. The van der Waals surface area contributed by atoms with E-state index >= 15 is 0 Å². The fourth-order valence-corrected chi connectivity index (χ4v) is 4.66. The van der Waals surface area contributed by atoms with Crippen LogP contribution in [-0.4, -0.2) is 44.6 Å². The Morgan fingerprint density at radius 1 is 1.03 bits per heavy atom.